The number of hydrogen-bond acceptors (Lipinski definition) is 5. The van der Waals surface area contributed by atoms with Gasteiger partial charge in [0.05, 0.1) is 11.6 Å². The molecular formula is C27H35N3O3. The average Bonchev–Trinajstić information content (AvgIpc) is 3.11. The largest absolute Gasteiger partial charge is 0.507 e. The molecule has 0 spiro atoms. The number of rotatable bonds is 12. The highest BCUT2D eigenvalue weighted by molar-refractivity contribution is 6.46. The predicted octanol–water partition coefficient (Wildman–Crippen LogP) is 4.80. The van der Waals surface area contributed by atoms with Crippen LogP contribution in [-0.2, 0) is 9.59 Å². The average molecular weight is 450 g/mol. The highest BCUT2D eigenvalue weighted by atomic mass is 16.3. The zero-order valence-corrected chi connectivity index (χ0v) is 19.7. The molecule has 6 heteroatoms. The Morgan fingerprint density at radius 3 is 2.24 bits per heavy atom. The third-order valence-corrected chi connectivity index (χ3v) is 6.12. The summed E-state index contributed by atoms with van der Waals surface area (Å²) in [7, 11) is 0. The first kappa shape index (κ1) is 24.6. The van der Waals surface area contributed by atoms with Gasteiger partial charge in [-0.25, -0.2) is 0 Å². The fourth-order valence-electron chi connectivity index (χ4n) is 4.31. The minimum Gasteiger partial charge on any atom is -0.507 e. The van der Waals surface area contributed by atoms with Gasteiger partial charge in [-0.3, -0.25) is 14.6 Å². The molecule has 1 saturated heterocycles. The van der Waals surface area contributed by atoms with Gasteiger partial charge >= 0.3 is 0 Å². The van der Waals surface area contributed by atoms with Gasteiger partial charge in [-0.05, 0) is 50.5 Å². The van der Waals surface area contributed by atoms with Crippen LogP contribution < -0.4 is 0 Å². The number of nitrogens with zero attached hydrogens (tertiary/aromatic N) is 3. The first-order valence-electron chi connectivity index (χ1n) is 12.0. The van der Waals surface area contributed by atoms with E-state index in [1.54, 1.807) is 47.6 Å². The smallest absolute Gasteiger partial charge is 0.295 e. The Kier molecular flexibility index (Phi) is 9.19. The summed E-state index contributed by atoms with van der Waals surface area (Å²) < 4.78 is 0. The predicted molar refractivity (Wildman–Crippen MR) is 131 cm³/mol. The second kappa shape index (κ2) is 12.3. The lowest BCUT2D eigenvalue weighted by molar-refractivity contribution is -0.140. The Bertz CT molecular complexity index is 936. The number of hydrogen-bond donors (Lipinski definition) is 1. The summed E-state index contributed by atoms with van der Waals surface area (Å²) in [6.45, 7) is 7.81. The number of carbonyl (C=O) groups excluding carboxylic acids is 2. The molecule has 0 aliphatic carbocycles. The summed E-state index contributed by atoms with van der Waals surface area (Å²) in [6.07, 6.45) is 8.70. The fraction of sp³-hybridized carbons (Fsp3) is 0.444. The normalized spacial score (nSPS) is 17.8. The van der Waals surface area contributed by atoms with Gasteiger partial charge in [0.2, 0.25) is 0 Å². The molecule has 1 fully saturated rings. The minimum atomic E-state index is -0.640. The number of pyridine rings is 1. The van der Waals surface area contributed by atoms with Crippen molar-refractivity contribution in [3.63, 3.8) is 0 Å². The number of aliphatic hydroxyl groups excluding tert-OH is 1. The maximum absolute atomic E-state index is 13.1. The van der Waals surface area contributed by atoms with Crippen LogP contribution in [0.3, 0.4) is 0 Å². The number of aliphatic hydroxyl groups is 1. The van der Waals surface area contributed by atoms with Crippen molar-refractivity contribution in [3.8, 4) is 0 Å². The molecule has 1 aliphatic rings. The third-order valence-electron chi connectivity index (χ3n) is 6.12. The zero-order valence-electron chi connectivity index (χ0n) is 19.7. The molecule has 3 rings (SSSR count). The van der Waals surface area contributed by atoms with E-state index in [0.29, 0.717) is 12.1 Å². The molecule has 1 amide bonds. The molecule has 6 nitrogen and oxygen atoms in total. The van der Waals surface area contributed by atoms with Gasteiger partial charge in [0.25, 0.3) is 11.7 Å². The molecule has 2 heterocycles. The standard InChI is InChI=1S/C27H35N3O3/c1-3-5-16-29(17-6-4-2)18-11-19-30-24(22-14-10-15-28-20-22)23(26(32)27(30)33)25(31)21-12-8-7-9-13-21/h7-10,12-15,20,24,31H,3-6,11,16-19H2,1-2H3/b25-23+. The van der Waals surface area contributed by atoms with Gasteiger partial charge in [-0.1, -0.05) is 63.1 Å². The number of unbranched alkanes of at least 4 members (excludes halogenated alkanes) is 2. The van der Waals surface area contributed by atoms with Crippen molar-refractivity contribution in [2.45, 2.75) is 52.0 Å². The molecular weight excluding hydrogens is 414 g/mol. The van der Waals surface area contributed by atoms with Gasteiger partial charge in [0, 0.05) is 24.5 Å². The van der Waals surface area contributed by atoms with Crippen molar-refractivity contribution >= 4 is 17.4 Å². The van der Waals surface area contributed by atoms with Crippen LogP contribution in [0, 0.1) is 0 Å². The van der Waals surface area contributed by atoms with Crippen LogP contribution in [0.1, 0.15) is 63.1 Å². The van der Waals surface area contributed by atoms with Crippen LogP contribution in [0.4, 0.5) is 0 Å². The van der Waals surface area contributed by atoms with Gasteiger partial charge in [-0.15, -0.1) is 0 Å². The number of carbonyl (C=O) groups is 2. The molecule has 1 aliphatic heterocycles. The fourth-order valence-corrected chi connectivity index (χ4v) is 4.31. The van der Waals surface area contributed by atoms with Crippen LogP contribution in [0.2, 0.25) is 0 Å². The Balaban J connectivity index is 1.85. The summed E-state index contributed by atoms with van der Waals surface area (Å²) >= 11 is 0. The van der Waals surface area contributed by atoms with E-state index in [-0.39, 0.29) is 11.3 Å². The highest BCUT2D eigenvalue weighted by Gasteiger charge is 2.45. The number of benzene rings is 1. The molecule has 1 unspecified atom stereocenters. The van der Waals surface area contributed by atoms with E-state index in [9.17, 15) is 14.7 Å². The summed E-state index contributed by atoms with van der Waals surface area (Å²) in [5, 5.41) is 11.0. The van der Waals surface area contributed by atoms with Crippen LogP contribution in [-0.4, -0.2) is 57.8 Å². The summed E-state index contributed by atoms with van der Waals surface area (Å²) in [4.78, 5) is 34.4. The highest BCUT2D eigenvalue weighted by Crippen LogP contribution is 2.39. The SMILES string of the molecule is CCCCN(CCCC)CCCN1C(=O)C(=O)/C(=C(/O)c2ccccc2)C1c1cccnc1. The lowest BCUT2D eigenvalue weighted by Gasteiger charge is -2.27. The number of likely N-dealkylation sites (tertiary alicyclic amines) is 1. The van der Waals surface area contributed by atoms with Crippen molar-refractivity contribution in [2.24, 2.45) is 0 Å². The Hall–Kier alpha value is -2.99. The molecule has 0 radical (unpaired) electrons. The van der Waals surface area contributed by atoms with Crippen molar-refractivity contribution in [1.29, 1.82) is 0 Å². The molecule has 0 bridgehead atoms. The molecule has 1 aromatic heterocycles. The number of amides is 1. The summed E-state index contributed by atoms with van der Waals surface area (Å²) in [5.41, 5.74) is 1.38. The van der Waals surface area contributed by atoms with Crippen molar-refractivity contribution in [2.75, 3.05) is 26.2 Å². The van der Waals surface area contributed by atoms with Crippen molar-refractivity contribution in [3.05, 3.63) is 71.6 Å². The monoisotopic (exact) mass is 449 g/mol. The molecule has 33 heavy (non-hydrogen) atoms. The Morgan fingerprint density at radius 1 is 0.970 bits per heavy atom. The van der Waals surface area contributed by atoms with E-state index in [1.165, 1.54) is 0 Å². The molecule has 1 atom stereocenters. The molecule has 1 N–H and O–H groups in total. The summed E-state index contributed by atoms with van der Waals surface area (Å²) in [5.74, 6) is -1.34. The number of aromatic nitrogens is 1. The lowest BCUT2D eigenvalue weighted by atomic mass is 9.96. The van der Waals surface area contributed by atoms with E-state index in [0.717, 1.165) is 57.3 Å². The Labute approximate surface area is 196 Å². The second-order valence-corrected chi connectivity index (χ2v) is 8.55. The van der Waals surface area contributed by atoms with Gasteiger partial charge in [-0.2, -0.15) is 0 Å². The van der Waals surface area contributed by atoms with E-state index >= 15 is 0 Å². The third kappa shape index (κ3) is 6.08. The van der Waals surface area contributed by atoms with Crippen LogP contribution >= 0.6 is 0 Å². The molecule has 176 valence electrons. The van der Waals surface area contributed by atoms with Crippen molar-refractivity contribution in [1.82, 2.24) is 14.8 Å². The number of ketones is 1. The van der Waals surface area contributed by atoms with Crippen LogP contribution in [0.5, 0.6) is 0 Å². The van der Waals surface area contributed by atoms with Crippen LogP contribution in [0.25, 0.3) is 5.76 Å². The van der Waals surface area contributed by atoms with Gasteiger partial charge < -0.3 is 14.9 Å². The first-order chi connectivity index (χ1) is 16.1. The molecule has 2 aromatic rings. The van der Waals surface area contributed by atoms with E-state index in [2.05, 4.69) is 23.7 Å². The topological polar surface area (TPSA) is 73.7 Å². The quantitative estimate of drug-likeness (QED) is 0.286. The first-order valence-corrected chi connectivity index (χ1v) is 12.0. The van der Waals surface area contributed by atoms with Crippen LogP contribution in [0.15, 0.2) is 60.4 Å². The second-order valence-electron chi connectivity index (χ2n) is 8.55. The Morgan fingerprint density at radius 2 is 1.64 bits per heavy atom. The zero-order chi connectivity index (χ0) is 23.6. The van der Waals surface area contributed by atoms with Gasteiger partial charge in [0.1, 0.15) is 5.76 Å². The summed E-state index contributed by atoms with van der Waals surface area (Å²) in [6, 6.07) is 11.9. The minimum absolute atomic E-state index is 0.132. The lowest BCUT2D eigenvalue weighted by Crippen LogP contribution is -2.34. The van der Waals surface area contributed by atoms with E-state index in [4.69, 9.17) is 0 Å². The van der Waals surface area contributed by atoms with Gasteiger partial charge in [0.15, 0.2) is 0 Å². The molecule has 1 aromatic carbocycles. The van der Waals surface area contributed by atoms with E-state index < -0.39 is 17.7 Å². The number of Topliss-reactive ketones (excluding diaryl/α,β-unsaturated/α-hetero) is 1. The molecule has 0 saturated carbocycles. The maximum atomic E-state index is 13.1. The van der Waals surface area contributed by atoms with Crippen molar-refractivity contribution < 1.29 is 14.7 Å². The van der Waals surface area contributed by atoms with E-state index in [1.807, 2.05) is 12.1 Å². The maximum Gasteiger partial charge on any atom is 0.295 e.